The van der Waals surface area contributed by atoms with E-state index in [1.807, 2.05) is 0 Å². The summed E-state index contributed by atoms with van der Waals surface area (Å²) in [7, 11) is 0. The van der Waals surface area contributed by atoms with E-state index in [9.17, 15) is 22.0 Å². The lowest BCUT2D eigenvalue weighted by molar-refractivity contribution is -0.356. The van der Waals surface area contributed by atoms with Crippen LogP contribution in [0.4, 0.5) is 22.0 Å². The van der Waals surface area contributed by atoms with Crippen LogP contribution < -0.4 is 0 Å². The van der Waals surface area contributed by atoms with Gasteiger partial charge in [0.15, 0.2) is 0 Å². The van der Waals surface area contributed by atoms with Crippen LogP contribution in [-0.2, 0) is 9.47 Å². The predicted molar refractivity (Wildman–Crippen MR) is 30.7 cm³/mol. The first kappa shape index (κ1) is 10.1. The molecule has 7 heteroatoms. The normalized spacial score (nSPS) is 40.0. The molecule has 13 heavy (non-hydrogen) atoms. The Bertz CT molecular complexity index is 246. The Morgan fingerprint density at radius 2 is 1.69 bits per heavy atom. The number of hydrogen-bond donors (Lipinski definition) is 0. The van der Waals surface area contributed by atoms with Crippen molar-refractivity contribution >= 4 is 0 Å². The van der Waals surface area contributed by atoms with Crippen molar-refractivity contribution in [2.75, 3.05) is 0 Å². The Kier molecular flexibility index (Phi) is 1.76. The van der Waals surface area contributed by atoms with Gasteiger partial charge in [-0.1, -0.05) is 0 Å². The van der Waals surface area contributed by atoms with E-state index in [0.717, 1.165) is 0 Å². The molecule has 0 aliphatic carbocycles. The van der Waals surface area contributed by atoms with Crippen molar-refractivity contribution in [2.45, 2.75) is 24.8 Å². The van der Waals surface area contributed by atoms with Gasteiger partial charge in [-0.3, -0.25) is 0 Å². The molecule has 2 unspecified atom stereocenters. The topological polar surface area (TPSA) is 18.5 Å². The van der Waals surface area contributed by atoms with E-state index in [1.165, 1.54) is 0 Å². The van der Waals surface area contributed by atoms with Crippen molar-refractivity contribution in [1.82, 2.24) is 0 Å². The quantitative estimate of drug-likeness (QED) is 0.564. The van der Waals surface area contributed by atoms with Gasteiger partial charge in [0.05, 0.1) is 0 Å². The standard InChI is InChI=1S/C6H5F5O2/c1-3-12-4(2,7)5(8,13-3)6(9,10)11/h1H2,2H3. The average Bonchev–Trinajstić information content (AvgIpc) is 2.00. The van der Waals surface area contributed by atoms with Crippen LogP contribution in [0.1, 0.15) is 6.92 Å². The molecule has 0 aromatic heterocycles. The number of alkyl halides is 5. The Morgan fingerprint density at radius 3 is 1.85 bits per heavy atom. The fraction of sp³-hybridized carbons (Fsp3) is 0.667. The summed E-state index contributed by atoms with van der Waals surface area (Å²) in [6.07, 6.45) is -5.52. The molecule has 2 atom stereocenters. The minimum atomic E-state index is -5.52. The highest BCUT2D eigenvalue weighted by molar-refractivity contribution is 5.00. The van der Waals surface area contributed by atoms with E-state index in [0.29, 0.717) is 0 Å². The molecule has 1 heterocycles. The maximum absolute atomic E-state index is 12.9. The summed E-state index contributed by atoms with van der Waals surface area (Å²) in [5.74, 6) is -9.14. The molecule has 1 saturated heterocycles. The zero-order valence-electron chi connectivity index (χ0n) is 6.41. The van der Waals surface area contributed by atoms with Crippen molar-refractivity contribution in [3.05, 3.63) is 12.5 Å². The summed E-state index contributed by atoms with van der Waals surface area (Å²) in [5, 5.41) is 0. The third kappa shape index (κ3) is 1.22. The number of ether oxygens (including phenoxy) is 2. The minimum absolute atomic E-state index is 0.276. The highest BCUT2D eigenvalue weighted by Gasteiger charge is 2.76. The Balaban J connectivity index is 3.10. The maximum atomic E-state index is 12.9. The SMILES string of the molecule is C=C1OC(C)(F)C(F)(C(F)(F)F)O1. The molecule has 1 fully saturated rings. The molecule has 1 rings (SSSR count). The summed E-state index contributed by atoms with van der Waals surface area (Å²) in [4.78, 5) is 0. The average molecular weight is 204 g/mol. The van der Waals surface area contributed by atoms with Crippen LogP contribution in [0, 0.1) is 0 Å². The molecular weight excluding hydrogens is 199 g/mol. The van der Waals surface area contributed by atoms with Gasteiger partial charge in [0.1, 0.15) is 0 Å². The van der Waals surface area contributed by atoms with E-state index < -0.39 is 23.8 Å². The maximum Gasteiger partial charge on any atom is 0.468 e. The fourth-order valence-corrected chi connectivity index (χ4v) is 0.859. The van der Waals surface area contributed by atoms with Gasteiger partial charge in [0.2, 0.25) is 0 Å². The molecule has 76 valence electrons. The van der Waals surface area contributed by atoms with E-state index in [4.69, 9.17) is 0 Å². The molecule has 2 nitrogen and oxygen atoms in total. The van der Waals surface area contributed by atoms with Gasteiger partial charge in [-0.05, 0) is 6.58 Å². The monoisotopic (exact) mass is 204 g/mol. The van der Waals surface area contributed by atoms with Crippen molar-refractivity contribution in [3.8, 4) is 0 Å². The molecule has 0 bridgehead atoms. The Hall–Kier alpha value is -1.01. The number of hydrogen-bond acceptors (Lipinski definition) is 2. The summed E-state index contributed by atoms with van der Waals surface area (Å²) in [6, 6.07) is 0. The Labute approximate surface area is 69.9 Å². The van der Waals surface area contributed by atoms with Gasteiger partial charge in [-0.2, -0.15) is 22.0 Å². The first-order valence-corrected chi connectivity index (χ1v) is 3.11. The predicted octanol–water partition coefficient (Wildman–Crippen LogP) is 2.42. The summed E-state index contributed by atoms with van der Waals surface area (Å²) in [6.45, 7) is 3.01. The van der Waals surface area contributed by atoms with Gasteiger partial charge in [-0.15, -0.1) is 0 Å². The van der Waals surface area contributed by atoms with Crippen LogP contribution in [0.3, 0.4) is 0 Å². The van der Waals surface area contributed by atoms with Gasteiger partial charge in [0, 0.05) is 6.92 Å². The van der Waals surface area contributed by atoms with E-state index in [-0.39, 0.29) is 6.92 Å². The van der Waals surface area contributed by atoms with Crippen LogP contribution in [0.15, 0.2) is 12.5 Å². The van der Waals surface area contributed by atoms with Crippen molar-refractivity contribution in [1.29, 1.82) is 0 Å². The molecule has 1 aliphatic heterocycles. The van der Waals surface area contributed by atoms with Crippen LogP contribution in [-0.4, -0.2) is 17.9 Å². The molecule has 0 aromatic carbocycles. The van der Waals surface area contributed by atoms with Gasteiger partial charge < -0.3 is 9.47 Å². The van der Waals surface area contributed by atoms with Crippen molar-refractivity contribution < 1.29 is 31.4 Å². The van der Waals surface area contributed by atoms with Gasteiger partial charge in [-0.25, -0.2) is 0 Å². The second-order valence-corrected chi connectivity index (χ2v) is 2.59. The number of rotatable bonds is 0. The molecule has 0 N–H and O–H groups in total. The lowest BCUT2D eigenvalue weighted by Crippen LogP contribution is -2.53. The smallest absolute Gasteiger partial charge is 0.421 e. The van der Waals surface area contributed by atoms with Gasteiger partial charge in [0.25, 0.3) is 5.95 Å². The van der Waals surface area contributed by atoms with Crippen LogP contribution in [0.25, 0.3) is 0 Å². The molecular formula is C6H5F5O2. The largest absolute Gasteiger partial charge is 0.468 e. The van der Waals surface area contributed by atoms with Crippen LogP contribution in [0.2, 0.25) is 0 Å². The van der Waals surface area contributed by atoms with Crippen molar-refractivity contribution in [3.63, 3.8) is 0 Å². The van der Waals surface area contributed by atoms with Crippen LogP contribution in [0.5, 0.6) is 0 Å². The molecule has 0 aromatic rings. The minimum Gasteiger partial charge on any atom is -0.421 e. The van der Waals surface area contributed by atoms with Crippen LogP contribution >= 0.6 is 0 Å². The van der Waals surface area contributed by atoms with Crippen molar-refractivity contribution in [2.24, 2.45) is 0 Å². The van der Waals surface area contributed by atoms with E-state index in [2.05, 4.69) is 16.1 Å². The highest BCUT2D eigenvalue weighted by atomic mass is 19.4. The summed E-state index contributed by atoms with van der Waals surface area (Å²) < 4.78 is 69.1. The van der Waals surface area contributed by atoms with E-state index >= 15 is 0 Å². The molecule has 0 saturated carbocycles. The van der Waals surface area contributed by atoms with Gasteiger partial charge >= 0.3 is 17.9 Å². The highest BCUT2D eigenvalue weighted by Crippen LogP contribution is 2.51. The molecule has 1 aliphatic rings. The first-order valence-electron chi connectivity index (χ1n) is 3.11. The zero-order valence-corrected chi connectivity index (χ0v) is 6.41. The lowest BCUT2D eigenvalue weighted by atomic mass is 10.1. The number of halogens is 5. The fourth-order valence-electron chi connectivity index (χ4n) is 0.859. The third-order valence-corrected chi connectivity index (χ3v) is 1.50. The third-order valence-electron chi connectivity index (χ3n) is 1.50. The van der Waals surface area contributed by atoms with E-state index in [1.54, 1.807) is 0 Å². The Morgan fingerprint density at radius 1 is 1.23 bits per heavy atom. The summed E-state index contributed by atoms with van der Waals surface area (Å²) in [5.41, 5.74) is 0. The second kappa shape index (κ2) is 2.27. The molecule has 0 amide bonds. The lowest BCUT2D eigenvalue weighted by Gasteiger charge is -2.26. The molecule has 0 radical (unpaired) electrons. The second-order valence-electron chi connectivity index (χ2n) is 2.59. The first-order chi connectivity index (χ1) is 5.60. The zero-order chi connectivity index (χ0) is 10.5. The molecule has 0 spiro atoms. The summed E-state index contributed by atoms with van der Waals surface area (Å²) >= 11 is 0.